The van der Waals surface area contributed by atoms with E-state index >= 15 is 0 Å². The molecule has 0 N–H and O–H groups in total. The first kappa shape index (κ1) is 15.6. The summed E-state index contributed by atoms with van der Waals surface area (Å²) in [4.78, 5) is 11.6. The van der Waals surface area contributed by atoms with Crippen molar-refractivity contribution in [1.29, 1.82) is 0 Å². The van der Waals surface area contributed by atoms with Gasteiger partial charge in [0.25, 0.3) is 0 Å². The summed E-state index contributed by atoms with van der Waals surface area (Å²) in [5, 5.41) is 5.73. The summed E-state index contributed by atoms with van der Waals surface area (Å²) in [6.45, 7) is 1.20. The number of nitrogens with zero attached hydrogens (tertiary/aromatic N) is 2. The topological polar surface area (TPSA) is 34.9 Å². The second kappa shape index (κ2) is 5.38. The van der Waals surface area contributed by atoms with Crippen molar-refractivity contribution < 1.29 is 18.0 Å². The van der Waals surface area contributed by atoms with Gasteiger partial charge in [0.15, 0.2) is 11.5 Å². The highest BCUT2D eigenvalue weighted by molar-refractivity contribution is 6.31. The Morgan fingerprint density at radius 3 is 2.39 bits per heavy atom. The smallest absolute Gasteiger partial charge is 0.293 e. The van der Waals surface area contributed by atoms with Crippen molar-refractivity contribution in [3.05, 3.63) is 58.9 Å². The molecule has 1 heterocycles. The number of fused-ring (bicyclic) bond motifs is 1. The molecule has 3 rings (SSSR count). The van der Waals surface area contributed by atoms with Crippen LogP contribution in [0.2, 0.25) is 5.02 Å². The van der Waals surface area contributed by atoms with Gasteiger partial charge in [-0.25, -0.2) is 4.68 Å². The van der Waals surface area contributed by atoms with Crippen molar-refractivity contribution in [3.63, 3.8) is 0 Å². The number of hydrogen-bond acceptors (Lipinski definition) is 2. The van der Waals surface area contributed by atoms with Gasteiger partial charge < -0.3 is 0 Å². The Morgan fingerprint density at radius 2 is 1.74 bits per heavy atom. The van der Waals surface area contributed by atoms with Crippen LogP contribution in [0.1, 0.15) is 23.1 Å². The van der Waals surface area contributed by atoms with Gasteiger partial charge in [-0.3, -0.25) is 4.79 Å². The summed E-state index contributed by atoms with van der Waals surface area (Å²) in [5.41, 5.74) is -0.843. The number of aromatic nitrogens is 2. The predicted octanol–water partition coefficient (Wildman–Crippen LogP) is 4.90. The third-order valence-corrected chi connectivity index (χ3v) is 3.63. The fourth-order valence-electron chi connectivity index (χ4n) is 2.30. The molecule has 0 saturated heterocycles. The van der Waals surface area contributed by atoms with E-state index in [0.717, 1.165) is 21.5 Å². The highest BCUT2D eigenvalue weighted by atomic mass is 35.5. The summed E-state index contributed by atoms with van der Waals surface area (Å²) in [6.07, 6.45) is -4.61. The molecular weight excluding hydrogens is 329 g/mol. The van der Waals surface area contributed by atoms with Gasteiger partial charge in [-0.2, -0.15) is 18.3 Å². The van der Waals surface area contributed by atoms with Crippen LogP contribution in [0.4, 0.5) is 13.2 Å². The second-order valence-electron chi connectivity index (χ2n) is 5.06. The van der Waals surface area contributed by atoms with Crippen molar-refractivity contribution >= 4 is 28.2 Å². The van der Waals surface area contributed by atoms with Crippen LogP contribution in [-0.4, -0.2) is 15.6 Å². The van der Waals surface area contributed by atoms with Crippen LogP contribution < -0.4 is 0 Å². The molecule has 3 nitrogen and oxygen atoms in total. The number of halogens is 4. The Hall–Kier alpha value is -2.34. The number of Topliss-reactive ketones (excluding diaryl/α,β-unsaturated/α-hetero) is 1. The SMILES string of the molecule is CC(=O)c1cc(C(F)(F)F)nn1-c1ccc2cc(Cl)ccc2c1. The molecule has 0 spiro atoms. The first-order chi connectivity index (χ1) is 10.8. The zero-order valence-electron chi connectivity index (χ0n) is 11.9. The first-order valence-corrected chi connectivity index (χ1v) is 7.01. The molecule has 118 valence electrons. The van der Waals surface area contributed by atoms with Crippen LogP contribution in [0.25, 0.3) is 16.5 Å². The lowest BCUT2D eigenvalue weighted by molar-refractivity contribution is -0.141. The average Bonchev–Trinajstić information content (AvgIpc) is 2.92. The molecule has 0 unspecified atom stereocenters. The van der Waals surface area contributed by atoms with Crippen LogP contribution in [0.5, 0.6) is 0 Å². The van der Waals surface area contributed by atoms with Gasteiger partial charge in [-0.15, -0.1) is 0 Å². The molecule has 3 aromatic rings. The minimum Gasteiger partial charge on any atom is -0.293 e. The molecule has 0 saturated carbocycles. The van der Waals surface area contributed by atoms with E-state index in [1.807, 2.05) is 0 Å². The van der Waals surface area contributed by atoms with Crippen LogP contribution in [0.15, 0.2) is 42.5 Å². The highest BCUT2D eigenvalue weighted by Crippen LogP contribution is 2.30. The van der Waals surface area contributed by atoms with Gasteiger partial charge in [0.1, 0.15) is 5.69 Å². The Kier molecular flexibility index (Phi) is 3.64. The van der Waals surface area contributed by atoms with E-state index < -0.39 is 17.7 Å². The van der Waals surface area contributed by atoms with Crippen molar-refractivity contribution in [1.82, 2.24) is 9.78 Å². The quantitative estimate of drug-likeness (QED) is 0.623. The predicted molar refractivity (Wildman–Crippen MR) is 81.1 cm³/mol. The van der Waals surface area contributed by atoms with E-state index in [9.17, 15) is 18.0 Å². The Bertz CT molecular complexity index is 915. The maximum Gasteiger partial charge on any atom is 0.435 e. The molecule has 0 radical (unpaired) electrons. The third kappa shape index (κ3) is 2.94. The number of hydrogen-bond donors (Lipinski definition) is 0. The number of carbonyl (C=O) groups is 1. The molecule has 0 aliphatic rings. The van der Waals surface area contributed by atoms with E-state index in [1.54, 1.807) is 36.4 Å². The van der Waals surface area contributed by atoms with Gasteiger partial charge in [0.05, 0.1) is 5.69 Å². The Morgan fingerprint density at radius 1 is 1.09 bits per heavy atom. The summed E-state index contributed by atoms with van der Waals surface area (Å²) in [5.74, 6) is -0.496. The van der Waals surface area contributed by atoms with Crippen molar-refractivity contribution in [2.24, 2.45) is 0 Å². The fourth-order valence-corrected chi connectivity index (χ4v) is 2.48. The minimum absolute atomic E-state index is 0.120. The fraction of sp³-hybridized carbons (Fsp3) is 0.125. The largest absolute Gasteiger partial charge is 0.435 e. The van der Waals surface area contributed by atoms with Crippen LogP contribution in [0, 0.1) is 0 Å². The zero-order valence-corrected chi connectivity index (χ0v) is 12.6. The van der Waals surface area contributed by atoms with Crippen molar-refractivity contribution in [3.8, 4) is 5.69 Å². The second-order valence-corrected chi connectivity index (χ2v) is 5.49. The Labute approximate surface area is 134 Å². The molecule has 0 amide bonds. The minimum atomic E-state index is -4.61. The van der Waals surface area contributed by atoms with E-state index in [1.165, 1.54) is 6.92 Å². The Balaban J connectivity index is 2.19. The van der Waals surface area contributed by atoms with E-state index in [2.05, 4.69) is 5.10 Å². The van der Waals surface area contributed by atoms with Crippen molar-refractivity contribution in [2.75, 3.05) is 0 Å². The maximum absolute atomic E-state index is 12.9. The first-order valence-electron chi connectivity index (χ1n) is 6.63. The van der Waals surface area contributed by atoms with Gasteiger partial charge in [0.2, 0.25) is 0 Å². The number of ketones is 1. The van der Waals surface area contributed by atoms with Crippen LogP contribution in [-0.2, 0) is 6.18 Å². The normalized spacial score (nSPS) is 11.9. The summed E-state index contributed by atoms with van der Waals surface area (Å²) in [6, 6.07) is 10.9. The van der Waals surface area contributed by atoms with Gasteiger partial charge in [-0.1, -0.05) is 23.7 Å². The molecule has 0 fully saturated rings. The lowest BCUT2D eigenvalue weighted by Gasteiger charge is -2.07. The van der Waals surface area contributed by atoms with Gasteiger partial charge in [-0.05, 0) is 35.0 Å². The molecule has 0 atom stereocenters. The molecule has 1 aromatic heterocycles. The number of alkyl halides is 3. The molecule has 0 bridgehead atoms. The molecule has 2 aromatic carbocycles. The maximum atomic E-state index is 12.9. The molecule has 0 aliphatic carbocycles. The number of carbonyl (C=O) groups excluding carboxylic acids is 1. The van der Waals surface area contributed by atoms with E-state index in [0.29, 0.717) is 10.7 Å². The third-order valence-electron chi connectivity index (χ3n) is 3.39. The molecule has 23 heavy (non-hydrogen) atoms. The summed E-state index contributed by atoms with van der Waals surface area (Å²) >= 11 is 5.91. The average molecular weight is 339 g/mol. The summed E-state index contributed by atoms with van der Waals surface area (Å²) < 4.78 is 39.6. The lowest BCUT2D eigenvalue weighted by Crippen LogP contribution is -2.08. The van der Waals surface area contributed by atoms with Crippen molar-refractivity contribution in [2.45, 2.75) is 13.1 Å². The van der Waals surface area contributed by atoms with Gasteiger partial charge in [0, 0.05) is 18.0 Å². The molecular formula is C16H10ClF3N2O. The van der Waals surface area contributed by atoms with Crippen LogP contribution >= 0.6 is 11.6 Å². The zero-order chi connectivity index (χ0) is 16.8. The monoisotopic (exact) mass is 338 g/mol. The highest BCUT2D eigenvalue weighted by Gasteiger charge is 2.35. The lowest BCUT2D eigenvalue weighted by atomic mass is 10.1. The number of benzene rings is 2. The molecule has 7 heteroatoms. The van der Waals surface area contributed by atoms with Crippen LogP contribution in [0.3, 0.4) is 0 Å². The van der Waals surface area contributed by atoms with E-state index in [-0.39, 0.29) is 5.69 Å². The van der Waals surface area contributed by atoms with Gasteiger partial charge >= 0.3 is 6.18 Å². The molecule has 0 aliphatic heterocycles. The number of rotatable bonds is 2. The standard InChI is InChI=1S/C16H10ClF3N2O/c1-9(23)14-8-15(16(18,19)20)21-22(14)13-5-3-10-6-12(17)4-2-11(10)7-13/h2-8H,1H3. The summed E-state index contributed by atoms with van der Waals surface area (Å²) in [7, 11) is 0. The van der Waals surface area contributed by atoms with E-state index in [4.69, 9.17) is 11.6 Å².